The maximum Gasteiger partial charge on any atom is 0.253 e. The first-order valence-corrected chi connectivity index (χ1v) is 9.50. The molecule has 5 heteroatoms. The Kier molecular flexibility index (Phi) is 4.64. The quantitative estimate of drug-likeness (QED) is 0.924. The Morgan fingerprint density at radius 1 is 1.12 bits per heavy atom. The molecule has 2 aliphatic heterocycles. The largest absolute Gasteiger partial charge is 0.384 e. The van der Waals surface area contributed by atoms with Crippen LogP contribution < -0.4 is 5.73 Å². The van der Waals surface area contributed by atoms with E-state index < -0.39 is 0 Å². The monoisotopic (exact) mass is 350 g/mol. The number of hydrogen-bond acceptors (Lipinski definition) is 4. The topological polar surface area (TPSA) is 62.5 Å². The molecule has 1 atom stereocenters. The van der Waals surface area contributed by atoms with E-state index in [4.69, 9.17) is 5.73 Å². The number of anilines is 1. The summed E-state index contributed by atoms with van der Waals surface area (Å²) in [6.45, 7) is 5.19. The number of likely N-dealkylation sites (tertiary alicyclic amines) is 2. The van der Waals surface area contributed by atoms with E-state index in [2.05, 4.69) is 16.8 Å². The van der Waals surface area contributed by atoms with Gasteiger partial charge in [-0.05, 0) is 50.6 Å². The van der Waals surface area contributed by atoms with Crippen LogP contribution in [0, 0.1) is 0 Å². The predicted molar refractivity (Wildman–Crippen MR) is 104 cm³/mol. The van der Waals surface area contributed by atoms with Gasteiger partial charge in [-0.15, -0.1) is 0 Å². The van der Waals surface area contributed by atoms with Crippen LogP contribution in [0.1, 0.15) is 36.5 Å². The summed E-state index contributed by atoms with van der Waals surface area (Å²) in [4.78, 5) is 21.6. The third kappa shape index (κ3) is 3.31. The van der Waals surface area contributed by atoms with Crippen molar-refractivity contribution in [2.45, 2.75) is 38.3 Å². The molecule has 3 heterocycles. The zero-order valence-corrected chi connectivity index (χ0v) is 15.3. The number of nitrogens with zero attached hydrogens (tertiary/aromatic N) is 3. The Morgan fingerprint density at radius 2 is 1.88 bits per heavy atom. The molecule has 2 aliphatic rings. The summed E-state index contributed by atoms with van der Waals surface area (Å²) < 4.78 is 0. The molecular formula is C21H26N4O. The molecule has 0 bridgehead atoms. The van der Waals surface area contributed by atoms with E-state index in [1.54, 1.807) is 6.07 Å². The Labute approximate surface area is 154 Å². The minimum absolute atomic E-state index is 0.123. The van der Waals surface area contributed by atoms with Crippen LogP contribution in [0.3, 0.4) is 0 Å². The summed E-state index contributed by atoms with van der Waals surface area (Å²) >= 11 is 0. The molecule has 2 aromatic rings. The van der Waals surface area contributed by atoms with E-state index in [-0.39, 0.29) is 5.91 Å². The molecule has 2 fully saturated rings. The third-order valence-corrected chi connectivity index (χ3v) is 5.67. The molecule has 2 saturated heterocycles. The fraction of sp³-hybridized carbons (Fsp3) is 0.429. The van der Waals surface area contributed by atoms with E-state index in [1.165, 1.54) is 25.8 Å². The van der Waals surface area contributed by atoms with E-state index in [0.717, 1.165) is 29.9 Å². The van der Waals surface area contributed by atoms with Gasteiger partial charge in [-0.3, -0.25) is 9.69 Å². The first kappa shape index (κ1) is 17.0. The van der Waals surface area contributed by atoms with Crippen LogP contribution in [0.25, 0.3) is 11.3 Å². The number of carbonyl (C=O) groups is 1. The lowest BCUT2D eigenvalue weighted by Gasteiger charge is -2.49. The van der Waals surface area contributed by atoms with E-state index in [9.17, 15) is 4.79 Å². The van der Waals surface area contributed by atoms with Crippen LogP contribution in [0.2, 0.25) is 0 Å². The van der Waals surface area contributed by atoms with Crippen molar-refractivity contribution in [3.63, 3.8) is 0 Å². The first-order valence-electron chi connectivity index (χ1n) is 9.50. The zero-order chi connectivity index (χ0) is 18.1. The van der Waals surface area contributed by atoms with Crippen molar-refractivity contribution in [1.82, 2.24) is 14.8 Å². The van der Waals surface area contributed by atoms with Crippen molar-refractivity contribution in [2.75, 3.05) is 25.4 Å². The fourth-order valence-corrected chi connectivity index (χ4v) is 4.07. The molecule has 26 heavy (non-hydrogen) atoms. The number of rotatable bonds is 3. The van der Waals surface area contributed by atoms with Gasteiger partial charge >= 0.3 is 0 Å². The summed E-state index contributed by atoms with van der Waals surface area (Å²) in [6, 6.07) is 14.4. The van der Waals surface area contributed by atoms with Crippen molar-refractivity contribution in [3.05, 3.63) is 48.0 Å². The van der Waals surface area contributed by atoms with Crippen molar-refractivity contribution in [3.8, 4) is 11.3 Å². The third-order valence-electron chi connectivity index (χ3n) is 5.67. The lowest BCUT2D eigenvalue weighted by atomic mass is 9.97. The van der Waals surface area contributed by atoms with Crippen molar-refractivity contribution in [1.29, 1.82) is 0 Å². The van der Waals surface area contributed by atoms with Gasteiger partial charge in [0.05, 0.1) is 5.69 Å². The van der Waals surface area contributed by atoms with Gasteiger partial charge in [0.2, 0.25) is 0 Å². The summed E-state index contributed by atoms with van der Waals surface area (Å²) in [5.74, 6) is 0.624. The predicted octanol–water partition coefficient (Wildman–Crippen LogP) is 3.03. The number of pyridine rings is 1. The number of carbonyl (C=O) groups excluding carboxylic acids is 1. The highest BCUT2D eigenvalue weighted by Gasteiger charge is 2.37. The highest BCUT2D eigenvalue weighted by molar-refractivity contribution is 5.95. The first-order chi connectivity index (χ1) is 12.6. The van der Waals surface area contributed by atoms with E-state index in [1.807, 2.05) is 41.3 Å². The lowest BCUT2D eigenvalue weighted by Crippen LogP contribution is -2.63. The number of nitrogen functional groups attached to an aromatic ring is 1. The van der Waals surface area contributed by atoms with Gasteiger partial charge in [-0.25, -0.2) is 4.98 Å². The summed E-state index contributed by atoms with van der Waals surface area (Å²) in [5.41, 5.74) is 8.28. The minimum atomic E-state index is 0.123. The molecule has 136 valence electrons. The van der Waals surface area contributed by atoms with E-state index in [0.29, 0.717) is 17.9 Å². The highest BCUT2D eigenvalue weighted by Crippen LogP contribution is 2.26. The second-order valence-electron chi connectivity index (χ2n) is 7.47. The average molecular weight is 350 g/mol. The number of piperidine rings is 1. The molecule has 0 saturated carbocycles. The zero-order valence-electron chi connectivity index (χ0n) is 15.3. The van der Waals surface area contributed by atoms with Gasteiger partial charge in [0.1, 0.15) is 5.82 Å². The Morgan fingerprint density at radius 3 is 2.58 bits per heavy atom. The van der Waals surface area contributed by atoms with Crippen LogP contribution in [-0.2, 0) is 0 Å². The van der Waals surface area contributed by atoms with Crippen molar-refractivity contribution >= 4 is 11.7 Å². The molecule has 0 spiro atoms. The van der Waals surface area contributed by atoms with Crippen molar-refractivity contribution in [2.24, 2.45) is 0 Å². The van der Waals surface area contributed by atoms with Gasteiger partial charge in [-0.2, -0.15) is 0 Å². The van der Waals surface area contributed by atoms with Crippen LogP contribution in [-0.4, -0.2) is 52.4 Å². The van der Waals surface area contributed by atoms with Gasteiger partial charge in [-0.1, -0.05) is 24.6 Å². The number of aromatic nitrogens is 1. The summed E-state index contributed by atoms with van der Waals surface area (Å²) in [7, 11) is 0. The van der Waals surface area contributed by atoms with Crippen LogP contribution >= 0.6 is 0 Å². The standard InChI is InChI=1S/C21H26N4O/c1-15-5-2-3-12-25(15)18-13-24(14-18)21(26)17-10-8-16(9-11-17)19-6-4-7-20(22)23-19/h4,6-11,15,18H,2-3,5,12-14H2,1H3,(H2,22,23)/t15-/m0/s1. The molecule has 0 unspecified atom stereocenters. The maximum atomic E-state index is 12.7. The maximum absolute atomic E-state index is 12.7. The molecule has 1 aromatic carbocycles. The minimum Gasteiger partial charge on any atom is -0.384 e. The number of hydrogen-bond donors (Lipinski definition) is 1. The fourth-order valence-electron chi connectivity index (χ4n) is 4.07. The molecule has 0 radical (unpaired) electrons. The molecule has 1 aromatic heterocycles. The molecule has 1 amide bonds. The smallest absolute Gasteiger partial charge is 0.253 e. The highest BCUT2D eigenvalue weighted by atomic mass is 16.2. The Balaban J connectivity index is 1.39. The number of benzene rings is 1. The van der Waals surface area contributed by atoms with Gasteiger partial charge in [0, 0.05) is 36.3 Å². The van der Waals surface area contributed by atoms with Crippen molar-refractivity contribution < 1.29 is 4.79 Å². The molecule has 5 nitrogen and oxygen atoms in total. The number of amides is 1. The van der Waals surface area contributed by atoms with Crippen LogP contribution in [0.15, 0.2) is 42.5 Å². The molecular weight excluding hydrogens is 324 g/mol. The van der Waals surface area contributed by atoms with Gasteiger partial charge in [0.15, 0.2) is 0 Å². The summed E-state index contributed by atoms with van der Waals surface area (Å²) in [6.07, 6.45) is 3.90. The summed E-state index contributed by atoms with van der Waals surface area (Å²) in [5, 5.41) is 0. The molecule has 4 rings (SSSR count). The van der Waals surface area contributed by atoms with E-state index >= 15 is 0 Å². The van der Waals surface area contributed by atoms with Gasteiger partial charge in [0.25, 0.3) is 5.91 Å². The second-order valence-corrected chi connectivity index (χ2v) is 7.47. The number of nitrogens with two attached hydrogens (primary N) is 1. The Hall–Kier alpha value is -2.40. The molecule has 2 N–H and O–H groups in total. The second kappa shape index (κ2) is 7.08. The average Bonchev–Trinajstić information content (AvgIpc) is 2.62. The Bertz CT molecular complexity index is 783. The van der Waals surface area contributed by atoms with Gasteiger partial charge < -0.3 is 10.6 Å². The SMILES string of the molecule is C[C@H]1CCCCN1C1CN(C(=O)c2ccc(-c3cccc(N)n3)cc2)C1. The lowest BCUT2D eigenvalue weighted by molar-refractivity contribution is 0.00213. The van der Waals surface area contributed by atoms with Crippen LogP contribution in [0.4, 0.5) is 5.82 Å². The molecule has 0 aliphatic carbocycles. The normalized spacial score (nSPS) is 21.4. The van der Waals surface area contributed by atoms with Crippen LogP contribution in [0.5, 0.6) is 0 Å².